The highest BCUT2D eigenvalue weighted by Gasteiger charge is 2.52. The van der Waals surface area contributed by atoms with Crippen LogP contribution in [-0.2, 0) is 4.74 Å². The number of rotatable bonds is 7. The van der Waals surface area contributed by atoms with Crippen LogP contribution in [0.4, 0.5) is 5.69 Å². The molecule has 0 spiro atoms. The molecule has 41 heavy (non-hydrogen) atoms. The normalized spacial score (nSPS) is 18.0. The molecule has 1 saturated heterocycles. The quantitative estimate of drug-likeness (QED) is 0.293. The van der Waals surface area contributed by atoms with Gasteiger partial charge in [0, 0.05) is 39.0 Å². The van der Waals surface area contributed by atoms with Crippen molar-refractivity contribution < 1.29 is 4.74 Å². The van der Waals surface area contributed by atoms with E-state index < -0.39 is 0 Å². The van der Waals surface area contributed by atoms with Crippen molar-refractivity contribution in [1.29, 1.82) is 0 Å². The van der Waals surface area contributed by atoms with Gasteiger partial charge in [-0.3, -0.25) is 0 Å². The number of allylic oxidation sites excluding steroid dienone is 4. The molecule has 1 fully saturated rings. The summed E-state index contributed by atoms with van der Waals surface area (Å²) in [7, 11) is 0. The number of anilines is 1. The lowest BCUT2D eigenvalue weighted by atomic mass is 9.74. The van der Waals surface area contributed by atoms with Crippen LogP contribution in [-0.4, -0.2) is 5.54 Å². The summed E-state index contributed by atoms with van der Waals surface area (Å²) in [6.45, 7) is 19.0. The molecular formula is C39H47NO. The van der Waals surface area contributed by atoms with Crippen molar-refractivity contribution in [1.82, 2.24) is 0 Å². The van der Waals surface area contributed by atoms with Gasteiger partial charge in [-0.2, -0.15) is 0 Å². The van der Waals surface area contributed by atoms with Crippen LogP contribution in [0, 0.1) is 5.41 Å². The van der Waals surface area contributed by atoms with Crippen LogP contribution in [0.15, 0.2) is 102 Å². The Kier molecular flexibility index (Phi) is 8.06. The molecule has 214 valence electrons. The van der Waals surface area contributed by atoms with E-state index in [9.17, 15) is 0 Å². The summed E-state index contributed by atoms with van der Waals surface area (Å²) >= 11 is 0. The molecule has 0 aromatic heterocycles. The van der Waals surface area contributed by atoms with Gasteiger partial charge in [0.25, 0.3) is 0 Å². The molecule has 3 aromatic carbocycles. The molecule has 0 N–H and O–H groups in total. The third-order valence-corrected chi connectivity index (χ3v) is 9.21. The lowest BCUT2D eigenvalue weighted by Crippen LogP contribution is -2.39. The summed E-state index contributed by atoms with van der Waals surface area (Å²) in [6, 6.07) is 28.0. The van der Waals surface area contributed by atoms with Crippen molar-refractivity contribution in [2.75, 3.05) is 4.90 Å². The fourth-order valence-electron chi connectivity index (χ4n) is 7.11. The van der Waals surface area contributed by atoms with E-state index in [0.717, 1.165) is 41.9 Å². The summed E-state index contributed by atoms with van der Waals surface area (Å²) in [5, 5.41) is 0. The van der Waals surface area contributed by atoms with Crippen LogP contribution in [0.2, 0.25) is 0 Å². The minimum atomic E-state index is -0.0528. The molecule has 0 aliphatic carbocycles. The monoisotopic (exact) mass is 545 g/mol. The van der Waals surface area contributed by atoms with Crippen molar-refractivity contribution in [3.8, 4) is 0 Å². The maximum absolute atomic E-state index is 6.67. The molecule has 0 unspecified atom stereocenters. The molecule has 0 radical (unpaired) electrons. The van der Waals surface area contributed by atoms with Crippen LogP contribution in [0.5, 0.6) is 0 Å². The van der Waals surface area contributed by atoms with Crippen LogP contribution in [0.3, 0.4) is 0 Å². The molecular weight excluding hydrogens is 498 g/mol. The molecule has 2 heteroatoms. The fraction of sp³-hybridized carbons (Fsp3) is 0.385. The van der Waals surface area contributed by atoms with Gasteiger partial charge in [-0.1, -0.05) is 120 Å². The maximum atomic E-state index is 6.67. The number of para-hydroxylation sites is 1. The highest BCUT2D eigenvalue weighted by molar-refractivity contribution is 5.80. The first-order valence-corrected chi connectivity index (χ1v) is 15.5. The topological polar surface area (TPSA) is 12.5 Å². The zero-order chi connectivity index (χ0) is 29.4. The first-order chi connectivity index (χ1) is 19.6. The largest absolute Gasteiger partial charge is 0.456 e. The fourth-order valence-corrected chi connectivity index (χ4v) is 7.11. The molecule has 0 bridgehead atoms. The van der Waals surface area contributed by atoms with Gasteiger partial charge < -0.3 is 9.64 Å². The van der Waals surface area contributed by atoms with Gasteiger partial charge in [-0.15, -0.1) is 0 Å². The molecule has 0 saturated carbocycles. The molecule has 0 atom stereocenters. The first kappa shape index (κ1) is 29.0. The molecule has 2 nitrogen and oxygen atoms in total. The second-order valence-electron chi connectivity index (χ2n) is 13.1. The van der Waals surface area contributed by atoms with E-state index in [1.807, 2.05) is 0 Å². The lowest BCUT2D eigenvalue weighted by molar-refractivity contribution is 0.302. The number of hydrogen-bond donors (Lipinski definition) is 0. The average molecular weight is 546 g/mol. The smallest absolute Gasteiger partial charge is 0.135 e. The Morgan fingerprint density at radius 2 is 1.15 bits per heavy atom. The number of nitrogens with zero attached hydrogens (tertiary/aromatic N) is 1. The Hall–Kier alpha value is -3.52. The van der Waals surface area contributed by atoms with E-state index >= 15 is 0 Å². The summed E-state index contributed by atoms with van der Waals surface area (Å²) in [5.41, 5.74) is 9.15. The van der Waals surface area contributed by atoms with Crippen LogP contribution < -0.4 is 4.90 Å². The summed E-state index contributed by atoms with van der Waals surface area (Å²) in [5.74, 6) is 2.65. The highest BCUT2D eigenvalue weighted by Crippen LogP contribution is 2.58. The molecule has 2 heterocycles. The van der Waals surface area contributed by atoms with E-state index in [0.29, 0.717) is 11.8 Å². The summed E-state index contributed by atoms with van der Waals surface area (Å²) in [4.78, 5) is 2.75. The van der Waals surface area contributed by atoms with Crippen LogP contribution in [0.25, 0.3) is 11.5 Å². The second-order valence-corrected chi connectivity index (χ2v) is 13.1. The van der Waals surface area contributed by atoms with Crippen LogP contribution in [0.1, 0.15) is 109 Å². The number of hydrogen-bond acceptors (Lipinski definition) is 2. The second kappa shape index (κ2) is 11.4. The zero-order valence-corrected chi connectivity index (χ0v) is 26.3. The standard InChI is InChI=1S/C39H47NO/c1-9-39(10-2)26-38(7,8)40(36-32(27(3)4)22-17-23-33(36)28(5)6)37(39)31-24-34(29-18-13-11-14-19-29)41-35(25-31)30-20-15-12-16-21-30/h11-25,27-28H,9-10,26H2,1-8H3. The lowest BCUT2D eigenvalue weighted by Gasteiger charge is -2.40. The number of benzene rings is 3. The van der Waals surface area contributed by atoms with Gasteiger partial charge in [-0.05, 0) is 68.2 Å². The van der Waals surface area contributed by atoms with Crippen molar-refractivity contribution >= 4 is 17.2 Å². The van der Waals surface area contributed by atoms with Crippen molar-refractivity contribution in [3.63, 3.8) is 0 Å². The van der Waals surface area contributed by atoms with Gasteiger partial charge >= 0.3 is 0 Å². The SMILES string of the molecule is CCC1(CC)CC(C)(C)N(c2c(C(C)C)cccc2C(C)C)C1=C1C=C(c2ccccc2)OC(c2ccccc2)=C1. The van der Waals surface area contributed by atoms with Crippen molar-refractivity contribution in [2.24, 2.45) is 5.41 Å². The van der Waals surface area contributed by atoms with Crippen molar-refractivity contribution in [2.45, 2.75) is 92.0 Å². The third kappa shape index (κ3) is 5.30. The van der Waals surface area contributed by atoms with Crippen molar-refractivity contribution in [3.05, 3.63) is 125 Å². The predicted molar refractivity (Wildman–Crippen MR) is 176 cm³/mol. The van der Waals surface area contributed by atoms with Gasteiger partial charge in [0.2, 0.25) is 0 Å². The van der Waals surface area contributed by atoms with E-state index in [1.54, 1.807) is 0 Å². The van der Waals surface area contributed by atoms with Gasteiger partial charge in [0.05, 0.1) is 0 Å². The first-order valence-electron chi connectivity index (χ1n) is 15.5. The Balaban J connectivity index is 1.88. The van der Waals surface area contributed by atoms with E-state index in [2.05, 4.69) is 151 Å². The predicted octanol–water partition coefficient (Wildman–Crippen LogP) is 11.1. The molecule has 2 aliphatic heterocycles. The Bertz CT molecular complexity index is 1380. The Labute approximate surface area is 248 Å². The zero-order valence-electron chi connectivity index (χ0n) is 26.3. The van der Waals surface area contributed by atoms with E-state index in [-0.39, 0.29) is 11.0 Å². The number of ether oxygens (including phenoxy) is 1. The van der Waals surface area contributed by atoms with E-state index in [1.165, 1.54) is 28.1 Å². The summed E-state index contributed by atoms with van der Waals surface area (Å²) < 4.78 is 6.67. The van der Waals surface area contributed by atoms with Gasteiger partial charge in [-0.25, -0.2) is 0 Å². The minimum Gasteiger partial charge on any atom is -0.456 e. The Morgan fingerprint density at radius 1 is 0.683 bits per heavy atom. The molecule has 3 aromatic rings. The van der Waals surface area contributed by atoms with Crippen LogP contribution >= 0.6 is 0 Å². The molecule has 2 aliphatic rings. The Morgan fingerprint density at radius 3 is 1.56 bits per heavy atom. The minimum absolute atomic E-state index is 0.0467. The summed E-state index contributed by atoms with van der Waals surface area (Å²) in [6.07, 6.45) is 7.90. The van der Waals surface area contributed by atoms with E-state index in [4.69, 9.17) is 4.74 Å². The van der Waals surface area contributed by atoms with Gasteiger partial charge in [0.1, 0.15) is 11.5 Å². The maximum Gasteiger partial charge on any atom is 0.135 e. The molecule has 5 rings (SSSR count). The van der Waals surface area contributed by atoms with Gasteiger partial charge in [0.15, 0.2) is 0 Å². The molecule has 0 amide bonds. The average Bonchev–Trinajstić information content (AvgIpc) is 3.24. The highest BCUT2D eigenvalue weighted by atomic mass is 16.5. The third-order valence-electron chi connectivity index (χ3n) is 9.21.